The number of amides is 1. The average Bonchev–Trinajstić information content (AvgIpc) is 2.32. The number of nitrogens with zero attached hydrogens (tertiary/aromatic N) is 1. The number of nitrogens with one attached hydrogen (secondary N) is 1. The molecule has 0 radical (unpaired) electrons. The molecule has 92 valence electrons. The van der Waals surface area contributed by atoms with Crippen LogP contribution in [-0.2, 0) is 0 Å². The zero-order valence-corrected chi connectivity index (χ0v) is 10.2. The van der Waals surface area contributed by atoms with Crippen molar-refractivity contribution in [1.29, 1.82) is 0 Å². The second-order valence-electron chi connectivity index (χ2n) is 4.28. The van der Waals surface area contributed by atoms with Crippen molar-refractivity contribution in [2.24, 2.45) is 0 Å². The molecule has 17 heavy (non-hydrogen) atoms. The van der Waals surface area contributed by atoms with Crippen LogP contribution in [-0.4, -0.2) is 28.1 Å². The van der Waals surface area contributed by atoms with Crippen molar-refractivity contribution in [1.82, 2.24) is 10.3 Å². The number of aromatic nitrogens is 1. The molecule has 1 aliphatic rings. The summed E-state index contributed by atoms with van der Waals surface area (Å²) in [6, 6.07) is 4.74. The standard InChI is InChI=1S/C12H15ClN2O2/c13-11-7-3-5-9(14-11)12(17)15-8-4-1-2-6-10(8)16/h3,5,7-8,10,16H,1-2,4,6H2,(H,15,17). The Labute approximate surface area is 105 Å². The van der Waals surface area contributed by atoms with Gasteiger partial charge in [0, 0.05) is 0 Å². The predicted octanol–water partition coefficient (Wildman–Crippen LogP) is 1.77. The van der Waals surface area contributed by atoms with Crippen LogP contribution in [0.4, 0.5) is 0 Å². The molecule has 0 aromatic carbocycles. The minimum absolute atomic E-state index is 0.169. The van der Waals surface area contributed by atoms with Crippen molar-refractivity contribution in [2.45, 2.75) is 37.8 Å². The number of halogens is 1. The fraction of sp³-hybridized carbons (Fsp3) is 0.500. The average molecular weight is 255 g/mol. The van der Waals surface area contributed by atoms with E-state index in [1.54, 1.807) is 18.2 Å². The normalized spacial score (nSPS) is 24.4. The highest BCUT2D eigenvalue weighted by atomic mass is 35.5. The Morgan fingerprint density at radius 1 is 1.41 bits per heavy atom. The lowest BCUT2D eigenvalue weighted by Gasteiger charge is -2.28. The van der Waals surface area contributed by atoms with Gasteiger partial charge in [-0.05, 0) is 25.0 Å². The molecule has 4 nitrogen and oxygen atoms in total. The van der Waals surface area contributed by atoms with Crippen LogP contribution in [0.15, 0.2) is 18.2 Å². The van der Waals surface area contributed by atoms with Crippen LogP contribution in [0.2, 0.25) is 5.15 Å². The molecule has 0 bridgehead atoms. The van der Waals surface area contributed by atoms with E-state index >= 15 is 0 Å². The number of pyridine rings is 1. The van der Waals surface area contributed by atoms with Gasteiger partial charge in [0.15, 0.2) is 0 Å². The molecule has 1 fully saturated rings. The summed E-state index contributed by atoms with van der Waals surface area (Å²) in [7, 11) is 0. The third-order valence-electron chi connectivity index (χ3n) is 2.99. The lowest BCUT2D eigenvalue weighted by Crippen LogP contribution is -2.45. The highest BCUT2D eigenvalue weighted by Gasteiger charge is 2.25. The molecule has 2 unspecified atom stereocenters. The quantitative estimate of drug-likeness (QED) is 0.791. The largest absolute Gasteiger partial charge is 0.391 e. The van der Waals surface area contributed by atoms with Crippen molar-refractivity contribution in [2.75, 3.05) is 0 Å². The van der Waals surface area contributed by atoms with E-state index in [0.717, 1.165) is 25.7 Å². The summed E-state index contributed by atoms with van der Waals surface area (Å²) in [5, 5.41) is 12.9. The van der Waals surface area contributed by atoms with Gasteiger partial charge >= 0.3 is 0 Å². The van der Waals surface area contributed by atoms with Crippen molar-refractivity contribution < 1.29 is 9.90 Å². The number of aliphatic hydroxyl groups excluding tert-OH is 1. The Bertz CT molecular complexity index is 411. The highest BCUT2D eigenvalue weighted by molar-refractivity contribution is 6.29. The minimum Gasteiger partial charge on any atom is -0.391 e. The third kappa shape index (κ3) is 3.17. The lowest BCUT2D eigenvalue weighted by molar-refractivity contribution is 0.0714. The van der Waals surface area contributed by atoms with E-state index in [0.29, 0.717) is 5.15 Å². The van der Waals surface area contributed by atoms with E-state index in [2.05, 4.69) is 10.3 Å². The number of aliphatic hydroxyl groups is 1. The van der Waals surface area contributed by atoms with Crippen molar-refractivity contribution in [3.63, 3.8) is 0 Å². The molecule has 2 rings (SSSR count). The molecule has 1 aromatic heterocycles. The fourth-order valence-electron chi connectivity index (χ4n) is 2.06. The van der Waals surface area contributed by atoms with Crippen molar-refractivity contribution in [3.8, 4) is 0 Å². The molecule has 1 saturated carbocycles. The number of hydrogen-bond acceptors (Lipinski definition) is 3. The first-order valence-electron chi connectivity index (χ1n) is 5.78. The van der Waals surface area contributed by atoms with Crippen LogP contribution >= 0.6 is 11.6 Å². The van der Waals surface area contributed by atoms with Crippen LogP contribution in [0.25, 0.3) is 0 Å². The first-order valence-corrected chi connectivity index (χ1v) is 6.16. The first-order chi connectivity index (χ1) is 8.16. The molecule has 0 saturated heterocycles. The van der Waals surface area contributed by atoms with Gasteiger partial charge in [-0.25, -0.2) is 4.98 Å². The maximum Gasteiger partial charge on any atom is 0.270 e. The summed E-state index contributed by atoms with van der Waals surface area (Å²) in [4.78, 5) is 15.8. The van der Waals surface area contributed by atoms with Crippen molar-refractivity contribution >= 4 is 17.5 Å². The van der Waals surface area contributed by atoms with Gasteiger partial charge in [0.25, 0.3) is 5.91 Å². The number of hydrogen-bond donors (Lipinski definition) is 2. The van der Waals surface area contributed by atoms with E-state index in [9.17, 15) is 9.90 Å². The van der Waals surface area contributed by atoms with Crippen molar-refractivity contribution in [3.05, 3.63) is 29.0 Å². The molecule has 1 aliphatic carbocycles. The molecule has 1 heterocycles. The van der Waals surface area contributed by atoms with E-state index < -0.39 is 6.10 Å². The highest BCUT2D eigenvalue weighted by Crippen LogP contribution is 2.18. The van der Waals surface area contributed by atoms with Crippen LogP contribution < -0.4 is 5.32 Å². The lowest BCUT2D eigenvalue weighted by atomic mass is 9.92. The van der Waals surface area contributed by atoms with Gasteiger partial charge in [-0.2, -0.15) is 0 Å². The van der Waals surface area contributed by atoms with E-state index in [4.69, 9.17) is 11.6 Å². The molecule has 0 aliphatic heterocycles. The van der Waals surface area contributed by atoms with E-state index in [-0.39, 0.29) is 17.6 Å². The van der Waals surface area contributed by atoms with Gasteiger partial charge in [0.2, 0.25) is 0 Å². The van der Waals surface area contributed by atoms with Gasteiger partial charge in [-0.1, -0.05) is 30.5 Å². The Balaban J connectivity index is 2.01. The molecule has 1 amide bonds. The van der Waals surface area contributed by atoms with Gasteiger partial charge in [0.05, 0.1) is 12.1 Å². The Kier molecular flexibility index (Phi) is 3.97. The predicted molar refractivity (Wildman–Crippen MR) is 65.0 cm³/mol. The number of carbonyl (C=O) groups is 1. The molecule has 5 heteroatoms. The fourth-order valence-corrected chi connectivity index (χ4v) is 2.22. The van der Waals surface area contributed by atoms with E-state index in [1.807, 2.05) is 0 Å². The number of carbonyl (C=O) groups excluding carboxylic acids is 1. The topological polar surface area (TPSA) is 62.2 Å². The summed E-state index contributed by atoms with van der Waals surface area (Å²) in [5.74, 6) is -0.279. The van der Waals surface area contributed by atoms with Gasteiger partial charge in [0.1, 0.15) is 10.8 Å². The molecule has 0 spiro atoms. The smallest absolute Gasteiger partial charge is 0.270 e. The second kappa shape index (κ2) is 5.47. The summed E-state index contributed by atoms with van der Waals surface area (Å²) < 4.78 is 0. The van der Waals surface area contributed by atoms with Gasteiger partial charge in [-0.15, -0.1) is 0 Å². The monoisotopic (exact) mass is 254 g/mol. The SMILES string of the molecule is O=C(NC1CCCCC1O)c1cccc(Cl)n1. The van der Waals surface area contributed by atoms with Crippen LogP contribution in [0.3, 0.4) is 0 Å². The number of rotatable bonds is 2. The van der Waals surface area contributed by atoms with Gasteiger partial charge in [-0.3, -0.25) is 4.79 Å². The zero-order chi connectivity index (χ0) is 12.3. The summed E-state index contributed by atoms with van der Waals surface area (Å²) >= 11 is 5.72. The summed E-state index contributed by atoms with van der Waals surface area (Å²) in [6.45, 7) is 0. The minimum atomic E-state index is -0.452. The maximum absolute atomic E-state index is 11.9. The summed E-state index contributed by atoms with van der Waals surface area (Å²) in [6.07, 6.45) is 3.15. The maximum atomic E-state index is 11.9. The molecular formula is C12H15ClN2O2. The Hall–Kier alpha value is -1.13. The third-order valence-corrected chi connectivity index (χ3v) is 3.20. The second-order valence-corrected chi connectivity index (χ2v) is 4.66. The molecular weight excluding hydrogens is 240 g/mol. The molecule has 2 N–H and O–H groups in total. The zero-order valence-electron chi connectivity index (χ0n) is 9.40. The first kappa shape index (κ1) is 12.3. The Morgan fingerprint density at radius 2 is 2.18 bits per heavy atom. The Morgan fingerprint density at radius 3 is 2.88 bits per heavy atom. The molecule has 2 atom stereocenters. The summed E-state index contributed by atoms with van der Waals surface area (Å²) in [5.41, 5.74) is 0.287. The van der Waals surface area contributed by atoms with E-state index in [1.165, 1.54) is 0 Å². The van der Waals surface area contributed by atoms with Crippen LogP contribution in [0, 0.1) is 0 Å². The van der Waals surface area contributed by atoms with Crippen LogP contribution in [0.1, 0.15) is 36.2 Å². The van der Waals surface area contributed by atoms with Crippen LogP contribution in [0.5, 0.6) is 0 Å². The van der Waals surface area contributed by atoms with Gasteiger partial charge < -0.3 is 10.4 Å². The molecule has 1 aromatic rings.